The predicted molar refractivity (Wildman–Crippen MR) is 63.1 cm³/mol. The lowest BCUT2D eigenvalue weighted by atomic mass is 10.1. The minimum absolute atomic E-state index is 0.699. The summed E-state index contributed by atoms with van der Waals surface area (Å²) in [5.74, 6) is 0. The first kappa shape index (κ1) is 10.4. The van der Waals surface area contributed by atoms with E-state index in [4.69, 9.17) is 5.73 Å². The van der Waals surface area contributed by atoms with Crippen LogP contribution < -0.4 is 11.1 Å². The van der Waals surface area contributed by atoms with Crippen LogP contribution in [0.1, 0.15) is 17.4 Å². The minimum atomic E-state index is 0.699. The zero-order valence-corrected chi connectivity index (χ0v) is 9.56. The molecule has 1 aromatic heterocycles. The third kappa shape index (κ3) is 1.85. The van der Waals surface area contributed by atoms with Gasteiger partial charge < -0.3 is 11.1 Å². The Labute approximate surface area is 93.1 Å². The first-order chi connectivity index (χ1) is 7.26. The summed E-state index contributed by atoms with van der Waals surface area (Å²) in [5.41, 5.74) is 7.94. The number of anilines is 2. The maximum Gasteiger partial charge on any atom is 0.211 e. The predicted octanol–water partition coefficient (Wildman–Crippen LogP) is 1.28. The molecule has 2 rings (SSSR count). The van der Waals surface area contributed by atoms with Gasteiger partial charge in [0.2, 0.25) is 6.41 Å². The Morgan fingerprint density at radius 2 is 2.47 bits per heavy atom. The maximum atomic E-state index is 10.5. The number of likely N-dealkylation sites (N-methyl/N-ethyl adjacent to an activating group) is 1. The van der Waals surface area contributed by atoms with Crippen molar-refractivity contribution in [1.29, 1.82) is 0 Å². The van der Waals surface area contributed by atoms with Gasteiger partial charge >= 0.3 is 0 Å². The molecule has 0 aliphatic carbocycles. The van der Waals surface area contributed by atoms with Crippen molar-refractivity contribution in [2.75, 3.05) is 24.1 Å². The van der Waals surface area contributed by atoms with E-state index in [9.17, 15) is 4.79 Å². The van der Waals surface area contributed by atoms with E-state index in [1.165, 1.54) is 10.4 Å². The molecule has 0 atom stereocenters. The lowest BCUT2D eigenvalue weighted by Crippen LogP contribution is -2.29. The third-order valence-electron chi connectivity index (χ3n) is 2.81. The molecule has 82 valence electrons. The molecule has 0 bridgehead atoms. The number of nitrogen functional groups attached to an aromatic ring is 1. The lowest BCUT2D eigenvalue weighted by Gasteiger charge is -2.25. The van der Waals surface area contributed by atoms with Gasteiger partial charge in [-0.1, -0.05) is 6.92 Å². The van der Waals surface area contributed by atoms with Crippen LogP contribution in [0.25, 0.3) is 0 Å². The summed E-state index contributed by atoms with van der Waals surface area (Å²) in [6.45, 7) is 5.23. The molecule has 0 saturated heterocycles. The Hall–Kier alpha value is -1.07. The van der Waals surface area contributed by atoms with Gasteiger partial charge in [0.15, 0.2) is 0 Å². The standard InChI is InChI=1S/C10H15N3OS/c1-2-13-4-3-7-8(5-13)15-10(11)9(7)12-6-14/h6H,2-5,11H2,1H3,(H,12,14). The summed E-state index contributed by atoms with van der Waals surface area (Å²) in [5, 5.41) is 3.43. The summed E-state index contributed by atoms with van der Waals surface area (Å²) in [6.07, 6.45) is 1.68. The summed E-state index contributed by atoms with van der Waals surface area (Å²) in [6, 6.07) is 0. The van der Waals surface area contributed by atoms with E-state index in [0.29, 0.717) is 6.41 Å². The Kier molecular flexibility index (Phi) is 2.93. The van der Waals surface area contributed by atoms with E-state index in [1.54, 1.807) is 11.3 Å². The minimum Gasteiger partial charge on any atom is -0.389 e. The molecule has 1 aromatic rings. The Morgan fingerprint density at radius 3 is 3.13 bits per heavy atom. The van der Waals surface area contributed by atoms with Gasteiger partial charge in [-0.3, -0.25) is 9.69 Å². The van der Waals surface area contributed by atoms with Gasteiger partial charge in [-0.15, -0.1) is 11.3 Å². The van der Waals surface area contributed by atoms with Crippen molar-refractivity contribution in [3.8, 4) is 0 Å². The van der Waals surface area contributed by atoms with Crippen LogP contribution in [0.3, 0.4) is 0 Å². The first-order valence-corrected chi connectivity index (χ1v) is 5.90. The van der Waals surface area contributed by atoms with Crippen molar-refractivity contribution in [3.05, 3.63) is 10.4 Å². The Balaban J connectivity index is 2.30. The molecular weight excluding hydrogens is 210 g/mol. The molecule has 2 heterocycles. The molecular formula is C10H15N3OS. The van der Waals surface area contributed by atoms with Gasteiger partial charge in [0, 0.05) is 18.0 Å². The molecule has 0 radical (unpaired) electrons. The van der Waals surface area contributed by atoms with Gasteiger partial charge in [-0.25, -0.2) is 0 Å². The van der Waals surface area contributed by atoms with Gasteiger partial charge in [0.25, 0.3) is 0 Å². The second-order valence-corrected chi connectivity index (χ2v) is 4.76. The van der Waals surface area contributed by atoms with Crippen LogP contribution in [-0.4, -0.2) is 24.4 Å². The van der Waals surface area contributed by atoms with Gasteiger partial charge in [0.05, 0.1) is 5.69 Å². The second-order valence-electron chi connectivity index (χ2n) is 3.62. The zero-order valence-electron chi connectivity index (χ0n) is 8.75. The van der Waals surface area contributed by atoms with Crippen LogP contribution in [0.15, 0.2) is 0 Å². The van der Waals surface area contributed by atoms with E-state index in [2.05, 4.69) is 17.1 Å². The van der Waals surface area contributed by atoms with Gasteiger partial charge in [-0.2, -0.15) is 0 Å². The maximum absolute atomic E-state index is 10.5. The number of nitrogens with one attached hydrogen (secondary N) is 1. The summed E-state index contributed by atoms with van der Waals surface area (Å²) >= 11 is 1.59. The highest BCUT2D eigenvalue weighted by molar-refractivity contribution is 7.16. The second kappa shape index (κ2) is 4.20. The van der Waals surface area contributed by atoms with Gasteiger partial charge in [0.1, 0.15) is 5.00 Å². The van der Waals surface area contributed by atoms with Crippen LogP contribution >= 0.6 is 11.3 Å². The van der Waals surface area contributed by atoms with Crippen molar-refractivity contribution in [3.63, 3.8) is 0 Å². The van der Waals surface area contributed by atoms with Crippen molar-refractivity contribution >= 4 is 28.4 Å². The quantitative estimate of drug-likeness (QED) is 0.762. The number of nitrogens with two attached hydrogens (primary N) is 1. The summed E-state index contributed by atoms with van der Waals surface area (Å²) < 4.78 is 0. The number of hydrogen-bond donors (Lipinski definition) is 2. The molecule has 0 aromatic carbocycles. The van der Waals surface area contributed by atoms with Crippen molar-refractivity contribution in [1.82, 2.24) is 4.90 Å². The van der Waals surface area contributed by atoms with E-state index < -0.39 is 0 Å². The lowest BCUT2D eigenvalue weighted by molar-refractivity contribution is -0.105. The van der Waals surface area contributed by atoms with E-state index in [1.807, 2.05) is 0 Å². The fourth-order valence-corrected chi connectivity index (χ4v) is 3.09. The van der Waals surface area contributed by atoms with E-state index >= 15 is 0 Å². The molecule has 0 spiro atoms. The summed E-state index contributed by atoms with van der Waals surface area (Å²) in [4.78, 5) is 14.1. The Morgan fingerprint density at radius 1 is 1.67 bits per heavy atom. The van der Waals surface area contributed by atoms with Crippen LogP contribution in [0.5, 0.6) is 0 Å². The average Bonchev–Trinajstić information content (AvgIpc) is 2.55. The molecule has 3 N–H and O–H groups in total. The fourth-order valence-electron chi connectivity index (χ4n) is 1.96. The smallest absolute Gasteiger partial charge is 0.211 e. The molecule has 1 aliphatic rings. The number of carbonyl (C=O) groups excluding carboxylic acids is 1. The third-order valence-corrected chi connectivity index (χ3v) is 3.86. The normalized spacial score (nSPS) is 16.1. The number of nitrogens with zero attached hydrogens (tertiary/aromatic N) is 1. The highest BCUT2D eigenvalue weighted by Gasteiger charge is 2.22. The van der Waals surface area contributed by atoms with Crippen molar-refractivity contribution in [2.45, 2.75) is 19.9 Å². The number of fused-ring (bicyclic) bond motifs is 1. The SMILES string of the molecule is CCN1CCc2c(sc(N)c2NC=O)C1. The monoisotopic (exact) mass is 225 g/mol. The molecule has 5 heteroatoms. The number of thiophene rings is 1. The molecule has 0 fully saturated rings. The van der Waals surface area contributed by atoms with Crippen LogP contribution in [-0.2, 0) is 17.8 Å². The molecule has 0 saturated carbocycles. The Bertz CT molecular complexity index is 375. The van der Waals surface area contributed by atoms with E-state index in [0.717, 1.165) is 36.7 Å². The van der Waals surface area contributed by atoms with Crippen LogP contribution in [0.4, 0.5) is 10.7 Å². The number of carbonyl (C=O) groups is 1. The molecule has 1 aliphatic heterocycles. The summed E-state index contributed by atoms with van der Waals surface area (Å²) in [7, 11) is 0. The largest absolute Gasteiger partial charge is 0.389 e. The topological polar surface area (TPSA) is 58.4 Å². The van der Waals surface area contributed by atoms with Crippen molar-refractivity contribution < 1.29 is 4.79 Å². The molecule has 4 nitrogen and oxygen atoms in total. The molecule has 0 unspecified atom stereocenters. The van der Waals surface area contributed by atoms with Gasteiger partial charge in [-0.05, 0) is 18.5 Å². The zero-order chi connectivity index (χ0) is 10.8. The van der Waals surface area contributed by atoms with Crippen molar-refractivity contribution in [2.24, 2.45) is 0 Å². The average molecular weight is 225 g/mol. The molecule has 15 heavy (non-hydrogen) atoms. The number of rotatable bonds is 3. The number of hydrogen-bond acceptors (Lipinski definition) is 4. The highest BCUT2D eigenvalue weighted by atomic mass is 32.1. The highest BCUT2D eigenvalue weighted by Crippen LogP contribution is 2.38. The molecule has 1 amide bonds. The van der Waals surface area contributed by atoms with Crippen LogP contribution in [0.2, 0.25) is 0 Å². The first-order valence-electron chi connectivity index (χ1n) is 5.08. The van der Waals surface area contributed by atoms with E-state index in [-0.39, 0.29) is 0 Å². The van der Waals surface area contributed by atoms with Crippen LogP contribution in [0, 0.1) is 0 Å². The fraction of sp³-hybridized carbons (Fsp3) is 0.500. The number of amides is 1.